The molecule has 2 fully saturated rings. The minimum atomic E-state index is -0.876. The van der Waals surface area contributed by atoms with Crippen LogP contribution in [0.3, 0.4) is 0 Å². The SMILES string of the molecule is C/C(=C\c1ccccc1)C(=O)O.[CH3-].[CoH+2].[SH-].c1ccc([C@@H]2CC[C@@H](c3ccccc3)[PH+]2CC[PH+]2[C@H](c3ccccc3)CC[C@H]2c2ccccc2)cc1. The molecular weight excluding hydrogens is 725 g/mol. The molecule has 0 aliphatic carbocycles. The van der Waals surface area contributed by atoms with E-state index in [1.165, 1.54) is 38.0 Å². The maximum absolute atomic E-state index is 10.4. The molecule has 0 bridgehead atoms. The Hall–Kier alpha value is -2.97. The Balaban J connectivity index is 0.000000403. The quantitative estimate of drug-likeness (QED) is 0.0532. The molecule has 1 N–H and O–H groups in total. The van der Waals surface area contributed by atoms with E-state index in [-0.39, 0.29) is 37.7 Å². The van der Waals surface area contributed by atoms with Gasteiger partial charge >= 0.3 is 22.7 Å². The number of carbonyl (C=O) groups is 1. The second kappa shape index (κ2) is 21.5. The molecule has 0 aromatic heterocycles. The van der Waals surface area contributed by atoms with Crippen LogP contribution in [-0.2, 0) is 35.1 Å². The molecule has 4 atom stereocenters. The molecule has 6 heteroatoms. The fourth-order valence-corrected chi connectivity index (χ4v) is 17.3. The molecule has 5 aromatic rings. The fraction of sp³-hybridized carbons (Fsp3) is 0.244. The number of carboxylic acid groups (broad SMARTS) is 1. The average molecular weight is 779 g/mol. The van der Waals surface area contributed by atoms with E-state index in [2.05, 4.69) is 121 Å². The van der Waals surface area contributed by atoms with Crippen LogP contribution in [0.5, 0.6) is 0 Å². The fourth-order valence-electron chi connectivity index (χ4n) is 8.00. The molecule has 7 rings (SSSR count). The predicted octanol–water partition coefficient (Wildman–Crippen LogP) is 12.1. The second-order valence-electron chi connectivity index (χ2n) is 13.2. The summed E-state index contributed by atoms with van der Waals surface area (Å²) in [5.41, 5.74) is 10.8. The number of thiol groups is 1. The summed E-state index contributed by atoms with van der Waals surface area (Å²) in [5, 5.41) is 8.58. The number of carboxylic acids is 1. The zero-order chi connectivity index (χ0) is 33.1. The topological polar surface area (TPSA) is 37.3 Å². The van der Waals surface area contributed by atoms with Crippen LogP contribution < -0.4 is 0 Å². The Morgan fingerprint density at radius 3 is 1.06 bits per heavy atom. The van der Waals surface area contributed by atoms with Crippen molar-refractivity contribution < 1.29 is 26.7 Å². The number of hydrogen-bond donors (Lipinski definition) is 1. The summed E-state index contributed by atoms with van der Waals surface area (Å²) in [6, 6.07) is 55.4. The van der Waals surface area contributed by atoms with Gasteiger partial charge in [0.15, 0.2) is 0 Å². The summed E-state index contributed by atoms with van der Waals surface area (Å²) in [6.07, 6.45) is 10.0. The maximum atomic E-state index is 10.4. The maximum Gasteiger partial charge on any atom is 0.0931 e. The van der Waals surface area contributed by atoms with Gasteiger partial charge in [-0.3, -0.25) is 0 Å². The molecule has 2 aliphatic rings. The first-order valence-corrected chi connectivity index (χ1v) is 21.2. The molecule has 51 heavy (non-hydrogen) atoms. The van der Waals surface area contributed by atoms with Gasteiger partial charge in [-0.05, 0) is 66.5 Å². The summed E-state index contributed by atoms with van der Waals surface area (Å²) in [5.74, 6) is -0.876. The summed E-state index contributed by atoms with van der Waals surface area (Å²) in [6.45, 7) is 1.58. The molecule has 2 nitrogen and oxygen atoms in total. The van der Waals surface area contributed by atoms with Gasteiger partial charge in [-0.1, -0.05) is 152 Å². The van der Waals surface area contributed by atoms with E-state index in [1.54, 1.807) is 35.3 Å². The van der Waals surface area contributed by atoms with Crippen molar-refractivity contribution in [2.24, 2.45) is 0 Å². The van der Waals surface area contributed by atoms with Crippen molar-refractivity contribution in [2.45, 2.75) is 55.2 Å². The number of benzene rings is 5. The van der Waals surface area contributed by atoms with E-state index >= 15 is 0 Å². The van der Waals surface area contributed by atoms with E-state index < -0.39 is 21.8 Å². The van der Waals surface area contributed by atoms with Gasteiger partial charge in [-0.15, -0.1) is 0 Å². The van der Waals surface area contributed by atoms with Crippen molar-refractivity contribution in [3.05, 3.63) is 192 Å². The van der Waals surface area contributed by atoms with Gasteiger partial charge < -0.3 is 26.0 Å². The van der Waals surface area contributed by atoms with E-state index in [0.717, 1.165) is 28.2 Å². The van der Waals surface area contributed by atoms with Gasteiger partial charge in [-0.2, -0.15) is 0 Å². The third-order valence-corrected chi connectivity index (χ3v) is 18.5. The number of aliphatic carboxylic acids is 1. The Kier molecular flexibility index (Phi) is 17.9. The van der Waals surface area contributed by atoms with Crippen LogP contribution in [-0.4, -0.2) is 23.4 Å². The van der Waals surface area contributed by atoms with Gasteiger partial charge in [-0.25, -0.2) is 4.79 Å². The first-order valence-electron chi connectivity index (χ1n) is 17.5. The zero-order valence-electron chi connectivity index (χ0n) is 29.7. The molecule has 5 aromatic carbocycles. The molecule has 0 amide bonds. The van der Waals surface area contributed by atoms with Crippen LogP contribution in [0, 0.1) is 7.43 Å². The molecule has 0 spiro atoms. The molecule has 0 unspecified atom stereocenters. The van der Waals surface area contributed by atoms with E-state index in [0.29, 0.717) is 5.57 Å². The summed E-state index contributed by atoms with van der Waals surface area (Å²) < 4.78 is 0. The summed E-state index contributed by atoms with van der Waals surface area (Å²) in [4.78, 5) is 10.4. The van der Waals surface area contributed by atoms with Gasteiger partial charge in [0.25, 0.3) is 0 Å². The van der Waals surface area contributed by atoms with Crippen LogP contribution in [0.25, 0.3) is 6.08 Å². The van der Waals surface area contributed by atoms with Crippen LogP contribution in [0.2, 0.25) is 0 Å². The van der Waals surface area contributed by atoms with Gasteiger partial charge in [0.1, 0.15) is 0 Å². The standard InChI is InChI=1S/C34H36P2.C10H10O2.CH3.Co.H2S.H/c1-5-13-27(14-6-1)31-21-22-32(28-15-7-2-8-16-28)35(31)25-26-36-33(29-17-9-3-10-18-29)23-24-34(36)30-19-11-4-12-20-30;1-8(10(11)12)7-9-5-3-2-4-6-9;;;;/h1-20,31-34H,21-26H2;2-7H,1H3,(H,11,12);1H3;;1H2;/q;;-1;+2;;/p+1/b;8-7+;;;;/t31-,32-,33-,34-;;;;;/m0...../s1. The third-order valence-electron chi connectivity index (χ3n) is 10.3. The van der Waals surface area contributed by atoms with Crippen molar-refractivity contribution in [1.29, 1.82) is 0 Å². The van der Waals surface area contributed by atoms with E-state index in [9.17, 15) is 4.79 Å². The predicted molar refractivity (Wildman–Crippen MR) is 226 cm³/mol. The minimum absolute atomic E-state index is 0. The van der Waals surface area contributed by atoms with E-state index in [4.69, 9.17) is 5.11 Å². The number of hydrogen-bond acceptors (Lipinski definition) is 2. The largest absolute Gasteiger partial charge is 0.813 e. The van der Waals surface area contributed by atoms with Crippen molar-refractivity contribution in [3.8, 4) is 0 Å². The molecule has 0 saturated carbocycles. The smallest absolute Gasteiger partial charge is 0.0931 e. The molecule has 2 heterocycles. The number of rotatable bonds is 9. The third kappa shape index (κ3) is 11.3. The molecule has 1 radical (unpaired) electrons. The van der Waals surface area contributed by atoms with Crippen molar-refractivity contribution in [3.63, 3.8) is 0 Å². The van der Waals surface area contributed by atoms with Gasteiger partial charge in [0.2, 0.25) is 0 Å². The monoisotopic (exact) mass is 778 g/mol. The second-order valence-corrected chi connectivity index (χ2v) is 19.3. The Bertz CT molecular complexity index is 1550. The van der Waals surface area contributed by atoms with Crippen molar-refractivity contribution in [1.82, 2.24) is 0 Å². The van der Waals surface area contributed by atoms with Crippen molar-refractivity contribution in [2.75, 3.05) is 12.3 Å². The summed E-state index contributed by atoms with van der Waals surface area (Å²) >= 11 is 0. The van der Waals surface area contributed by atoms with Gasteiger partial charge in [0, 0.05) is 21.4 Å². The Labute approximate surface area is 326 Å². The minimum Gasteiger partial charge on any atom is -0.813 e. The average Bonchev–Trinajstić information content (AvgIpc) is 3.77. The molecule has 2 aliphatic heterocycles. The van der Waals surface area contributed by atoms with Crippen LogP contribution in [0.1, 0.15) is 83.1 Å². The van der Waals surface area contributed by atoms with Crippen LogP contribution in [0.15, 0.2) is 157 Å². The van der Waals surface area contributed by atoms with Crippen LogP contribution >= 0.6 is 15.8 Å². The molecule has 2 saturated heterocycles. The first-order chi connectivity index (χ1) is 23.6. The molecular formula is C45H53CoO2P2S+2. The summed E-state index contributed by atoms with van der Waals surface area (Å²) in [7, 11) is -1.13. The molecule has 268 valence electrons. The zero-order valence-corrected chi connectivity index (χ0v) is 33.7. The normalized spacial score (nSPS) is 20.1. The van der Waals surface area contributed by atoms with Crippen molar-refractivity contribution >= 4 is 41.4 Å². The van der Waals surface area contributed by atoms with Gasteiger partial charge in [0.05, 0.1) is 35.0 Å². The van der Waals surface area contributed by atoms with E-state index in [1.807, 2.05) is 30.3 Å². The first kappa shape index (κ1) is 42.4. The Morgan fingerprint density at radius 1 is 0.549 bits per heavy atom. The van der Waals surface area contributed by atoms with Crippen LogP contribution in [0.4, 0.5) is 0 Å². The Morgan fingerprint density at radius 2 is 0.804 bits per heavy atom.